The highest BCUT2D eigenvalue weighted by molar-refractivity contribution is 7.92. The summed E-state index contributed by atoms with van der Waals surface area (Å²) in [5.41, 5.74) is -1.11. The summed E-state index contributed by atoms with van der Waals surface area (Å²) in [6, 6.07) is 15.2. The standard InChI is InChI=1S/C28H29ClF3N3O5S/c1-4-33-27(37)19(2)34(17-20-9-8-10-22(15-20)40-3)26(36)18-35(41(38,39)23-11-6-5-7-12-23)21-13-14-25(29)24(16-21)28(30,31)32/h5-16,19H,4,17-18H2,1-3H3,(H,33,37)/t19-/m1/s1. The Morgan fingerprint density at radius 2 is 1.71 bits per heavy atom. The van der Waals surface area contributed by atoms with E-state index in [1.54, 1.807) is 37.3 Å². The van der Waals surface area contributed by atoms with Gasteiger partial charge in [-0.2, -0.15) is 13.2 Å². The molecule has 3 aromatic rings. The van der Waals surface area contributed by atoms with Gasteiger partial charge in [0.15, 0.2) is 0 Å². The molecular weight excluding hydrogens is 583 g/mol. The lowest BCUT2D eigenvalue weighted by Crippen LogP contribution is -2.51. The molecule has 1 atom stereocenters. The number of hydrogen-bond acceptors (Lipinski definition) is 5. The molecule has 0 unspecified atom stereocenters. The Bertz CT molecular complexity index is 1490. The largest absolute Gasteiger partial charge is 0.497 e. The topological polar surface area (TPSA) is 96.0 Å². The summed E-state index contributed by atoms with van der Waals surface area (Å²) in [4.78, 5) is 27.5. The van der Waals surface area contributed by atoms with E-state index in [0.717, 1.165) is 17.0 Å². The molecule has 13 heteroatoms. The summed E-state index contributed by atoms with van der Waals surface area (Å²) < 4.78 is 74.4. The molecule has 2 amide bonds. The maximum absolute atomic E-state index is 13.8. The van der Waals surface area contributed by atoms with Crippen molar-refractivity contribution in [2.24, 2.45) is 0 Å². The number of likely N-dealkylation sites (N-methyl/N-ethyl adjacent to an activating group) is 1. The molecule has 0 aromatic heterocycles. The van der Waals surface area contributed by atoms with Crippen LogP contribution in [-0.4, -0.2) is 51.4 Å². The van der Waals surface area contributed by atoms with Crippen LogP contribution in [0.5, 0.6) is 5.75 Å². The van der Waals surface area contributed by atoms with Gasteiger partial charge in [-0.15, -0.1) is 0 Å². The van der Waals surface area contributed by atoms with Crippen molar-refractivity contribution in [1.82, 2.24) is 10.2 Å². The van der Waals surface area contributed by atoms with Crippen molar-refractivity contribution in [3.05, 3.63) is 88.9 Å². The molecule has 0 aliphatic heterocycles. The van der Waals surface area contributed by atoms with Crippen LogP contribution in [0.25, 0.3) is 0 Å². The average molecular weight is 612 g/mol. The molecule has 3 rings (SSSR count). The number of carbonyl (C=O) groups excluding carboxylic acids is 2. The molecule has 0 radical (unpaired) electrons. The van der Waals surface area contributed by atoms with Crippen LogP contribution in [0.15, 0.2) is 77.7 Å². The van der Waals surface area contributed by atoms with Crippen LogP contribution in [0.2, 0.25) is 5.02 Å². The predicted octanol–water partition coefficient (Wildman–Crippen LogP) is 5.12. The molecule has 0 saturated heterocycles. The van der Waals surface area contributed by atoms with Crippen molar-refractivity contribution in [2.45, 2.75) is 37.5 Å². The zero-order valence-corrected chi connectivity index (χ0v) is 24.1. The van der Waals surface area contributed by atoms with Gasteiger partial charge in [0, 0.05) is 13.1 Å². The number of halogens is 4. The number of carbonyl (C=O) groups is 2. The Balaban J connectivity index is 2.11. The Hall–Kier alpha value is -3.77. The smallest absolute Gasteiger partial charge is 0.417 e. The van der Waals surface area contributed by atoms with E-state index in [4.69, 9.17) is 16.3 Å². The maximum atomic E-state index is 13.8. The fourth-order valence-corrected chi connectivity index (χ4v) is 5.66. The summed E-state index contributed by atoms with van der Waals surface area (Å²) in [7, 11) is -3.08. The minimum atomic E-state index is -4.88. The highest BCUT2D eigenvalue weighted by Crippen LogP contribution is 2.38. The second-order valence-electron chi connectivity index (χ2n) is 8.93. The van der Waals surface area contributed by atoms with Crippen LogP contribution in [0.3, 0.4) is 0 Å². The number of hydrogen-bond donors (Lipinski definition) is 1. The molecule has 0 aliphatic rings. The Morgan fingerprint density at radius 1 is 1.02 bits per heavy atom. The van der Waals surface area contributed by atoms with Gasteiger partial charge in [-0.25, -0.2) is 8.42 Å². The van der Waals surface area contributed by atoms with Gasteiger partial charge >= 0.3 is 6.18 Å². The molecule has 0 bridgehead atoms. The third-order valence-corrected chi connectivity index (χ3v) is 8.28. The highest BCUT2D eigenvalue weighted by atomic mass is 35.5. The quantitative estimate of drug-likeness (QED) is 0.325. The molecule has 0 saturated carbocycles. The number of nitrogens with one attached hydrogen (secondary N) is 1. The van der Waals surface area contributed by atoms with E-state index in [1.165, 1.54) is 38.3 Å². The number of anilines is 1. The molecular formula is C28H29ClF3N3O5S. The van der Waals surface area contributed by atoms with Crippen molar-refractivity contribution in [2.75, 3.05) is 24.5 Å². The van der Waals surface area contributed by atoms with E-state index in [0.29, 0.717) is 21.7 Å². The number of amides is 2. The van der Waals surface area contributed by atoms with Gasteiger partial charge in [0.25, 0.3) is 10.0 Å². The molecule has 0 aliphatic carbocycles. The first-order valence-corrected chi connectivity index (χ1v) is 14.3. The monoisotopic (exact) mass is 611 g/mol. The van der Waals surface area contributed by atoms with Gasteiger partial charge < -0.3 is 15.0 Å². The number of rotatable bonds is 11. The lowest BCUT2D eigenvalue weighted by molar-refractivity contribution is -0.139. The highest BCUT2D eigenvalue weighted by Gasteiger charge is 2.37. The molecule has 220 valence electrons. The van der Waals surface area contributed by atoms with Gasteiger partial charge in [-0.05, 0) is 61.9 Å². The summed E-state index contributed by atoms with van der Waals surface area (Å²) in [5.74, 6) is -0.823. The molecule has 3 aromatic carbocycles. The zero-order valence-electron chi connectivity index (χ0n) is 22.5. The first-order chi connectivity index (χ1) is 19.3. The van der Waals surface area contributed by atoms with E-state index < -0.39 is 56.9 Å². The maximum Gasteiger partial charge on any atom is 0.417 e. The summed E-state index contributed by atoms with van der Waals surface area (Å²) >= 11 is 5.78. The van der Waals surface area contributed by atoms with Crippen LogP contribution in [0, 0.1) is 0 Å². The first-order valence-electron chi connectivity index (χ1n) is 12.4. The summed E-state index contributed by atoms with van der Waals surface area (Å²) in [5, 5.41) is 2.00. The van der Waals surface area contributed by atoms with Gasteiger partial charge in [-0.1, -0.05) is 41.9 Å². The number of sulfonamides is 1. The Morgan fingerprint density at radius 3 is 2.32 bits per heavy atom. The zero-order chi connectivity index (χ0) is 30.4. The van der Waals surface area contributed by atoms with Gasteiger partial charge in [0.2, 0.25) is 11.8 Å². The first kappa shape index (κ1) is 31.8. The second kappa shape index (κ2) is 13.3. The van der Waals surface area contributed by atoms with E-state index in [-0.39, 0.29) is 18.0 Å². The van der Waals surface area contributed by atoms with Crippen LogP contribution in [0.4, 0.5) is 18.9 Å². The summed E-state index contributed by atoms with van der Waals surface area (Å²) in [6.45, 7) is 2.45. The van der Waals surface area contributed by atoms with E-state index in [1.807, 2.05) is 0 Å². The predicted molar refractivity (Wildman–Crippen MR) is 149 cm³/mol. The molecule has 0 fully saturated rings. The van der Waals surface area contributed by atoms with Crippen LogP contribution in [0.1, 0.15) is 25.0 Å². The average Bonchev–Trinajstić information content (AvgIpc) is 2.94. The third-order valence-electron chi connectivity index (χ3n) is 6.16. The van der Waals surface area contributed by atoms with Crippen molar-refractivity contribution < 1.29 is 35.9 Å². The van der Waals surface area contributed by atoms with Crippen LogP contribution in [-0.2, 0) is 32.3 Å². The molecule has 41 heavy (non-hydrogen) atoms. The lowest BCUT2D eigenvalue weighted by atomic mass is 10.1. The van der Waals surface area contributed by atoms with E-state index in [9.17, 15) is 31.2 Å². The van der Waals surface area contributed by atoms with Gasteiger partial charge in [0.05, 0.1) is 28.3 Å². The number of ether oxygens (including phenoxy) is 1. The summed E-state index contributed by atoms with van der Waals surface area (Å²) in [6.07, 6.45) is -4.88. The van der Waals surface area contributed by atoms with Crippen molar-refractivity contribution >= 4 is 39.1 Å². The van der Waals surface area contributed by atoms with Crippen molar-refractivity contribution in [3.8, 4) is 5.75 Å². The molecule has 1 N–H and O–H groups in total. The van der Waals surface area contributed by atoms with Crippen molar-refractivity contribution in [1.29, 1.82) is 0 Å². The number of alkyl halides is 3. The third kappa shape index (κ3) is 7.70. The van der Waals surface area contributed by atoms with E-state index >= 15 is 0 Å². The molecule has 0 spiro atoms. The normalized spacial score (nSPS) is 12.4. The fraction of sp³-hybridized carbons (Fsp3) is 0.286. The Labute approximate surface area is 241 Å². The van der Waals surface area contributed by atoms with Gasteiger partial charge in [-0.3, -0.25) is 13.9 Å². The molecule has 8 nitrogen and oxygen atoms in total. The Kier molecular flexibility index (Phi) is 10.3. The number of benzene rings is 3. The van der Waals surface area contributed by atoms with E-state index in [2.05, 4.69) is 5.32 Å². The van der Waals surface area contributed by atoms with Gasteiger partial charge in [0.1, 0.15) is 18.3 Å². The van der Waals surface area contributed by atoms with Crippen LogP contribution >= 0.6 is 11.6 Å². The minimum Gasteiger partial charge on any atom is -0.497 e. The lowest BCUT2D eigenvalue weighted by Gasteiger charge is -2.32. The second-order valence-corrected chi connectivity index (χ2v) is 11.2. The number of methoxy groups -OCH3 is 1. The minimum absolute atomic E-state index is 0.109. The molecule has 0 heterocycles. The fourth-order valence-electron chi connectivity index (χ4n) is 4.01. The van der Waals surface area contributed by atoms with Crippen molar-refractivity contribution in [3.63, 3.8) is 0 Å². The SMILES string of the molecule is CCNC(=O)[C@@H](C)N(Cc1cccc(OC)c1)C(=O)CN(c1ccc(Cl)c(C(F)(F)F)c1)S(=O)(=O)c1ccccc1. The van der Waals surface area contributed by atoms with Crippen LogP contribution < -0.4 is 14.4 Å². The number of nitrogens with zero attached hydrogens (tertiary/aromatic N) is 2.